The molecule has 2 aliphatic carbocycles. The molecule has 154 valence electrons. The van der Waals surface area contributed by atoms with Gasteiger partial charge in [0.1, 0.15) is 5.75 Å². The quantitative estimate of drug-likeness (QED) is 0.310. The minimum Gasteiger partial charge on any atom is -0.481 e. The number of non-ortho nitro benzene ring substituents is 1. The Labute approximate surface area is 176 Å². The lowest BCUT2D eigenvalue weighted by Crippen LogP contribution is -2.49. The fourth-order valence-electron chi connectivity index (χ4n) is 6.10. The number of H-pyrrole nitrogens is 1. The molecular weight excluding hydrogens is 432 g/mol. The maximum Gasteiger partial charge on any atom is 0.315 e. The van der Waals surface area contributed by atoms with Gasteiger partial charge in [0.2, 0.25) is 0 Å². The van der Waals surface area contributed by atoms with Gasteiger partial charge in [-0.25, -0.2) is 0 Å². The van der Waals surface area contributed by atoms with Crippen molar-refractivity contribution in [1.29, 1.82) is 0 Å². The van der Waals surface area contributed by atoms with Gasteiger partial charge >= 0.3 is 16.8 Å². The molecule has 6 rings (SSSR count). The van der Waals surface area contributed by atoms with E-state index in [1.807, 2.05) is 0 Å². The predicted octanol–water partition coefficient (Wildman–Crippen LogP) is 2.45. The summed E-state index contributed by atoms with van der Waals surface area (Å²) in [6.45, 7) is 0. The van der Waals surface area contributed by atoms with Gasteiger partial charge in [0.05, 0.1) is 21.8 Å². The number of thiazole rings is 1. The van der Waals surface area contributed by atoms with E-state index >= 15 is 0 Å². The number of rotatable bonds is 2. The van der Waals surface area contributed by atoms with Gasteiger partial charge in [0, 0.05) is 33.7 Å². The second-order valence-electron chi connectivity index (χ2n) is 8.20. The Morgan fingerprint density at radius 2 is 2.10 bits per heavy atom. The summed E-state index contributed by atoms with van der Waals surface area (Å²) in [5.41, 5.74) is 0.398. The highest BCUT2D eigenvalue weighted by molar-refractivity contribution is 8.00. The molecule has 3 heterocycles. The molecule has 1 aromatic heterocycles. The first kappa shape index (κ1) is 18.1. The highest BCUT2D eigenvalue weighted by atomic mass is 32.2. The van der Waals surface area contributed by atoms with Crippen LogP contribution in [0.15, 0.2) is 28.0 Å². The van der Waals surface area contributed by atoms with Crippen molar-refractivity contribution in [1.82, 2.24) is 4.98 Å². The molecule has 30 heavy (non-hydrogen) atoms. The van der Waals surface area contributed by atoms with Crippen molar-refractivity contribution in [2.24, 2.45) is 29.6 Å². The minimum absolute atomic E-state index is 0.0897. The Morgan fingerprint density at radius 3 is 2.83 bits per heavy atom. The number of nitrogens with zero attached hydrogens (tertiary/aromatic N) is 1. The molecule has 0 radical (unpaired) electrons. The molecule has 0 amide bonds. The SMILES string of the molecule is O=C(O)[C@H]1[C@@H]2C[C@@H]3[C@@H]1C(=O)Oc1ccc([N+](=O)[O-])cc1[C@@H]1c4sc(=O)[nH]c4S[C@@H]2[C@@H]13. The summed E-state index contributed by atoms with van der Waals surface area (Å²) in [5.74, 6) is -3.84. The van der Waals surface area contributed by atoms with Crippen LogP contribution >= 0.6 is 23.1 Å². The average molecular weight is 446 g/mol. The largest absolute Gasteiger partial charge is 0.481 e. The van der Waals surface area contributed by atoms with Crippen LogP contribution in [0, 0.1) is 39.7 Å². The zero-order chi connectivity index (χ0) is 20.9. The Hall–Kier alpha value is -2.66. The monoisotopic (exact) mass is 446 g/mol. The summed E-state index contributed by atoms with van der Waals surface area (Å²) < 4.78 is 5.63. The summed E-state index contributed by atoms with van der Waals surface area (Å²) in [6.07, 6.45) is 0.596. The second kappa shape index (κ2) is 5.94. The maximum atomic E-state index is 13.0. The molecule has 0 spiro atoms. The topological polar surface area (TPSA) is 140 Å². The number of esters is 1. The summed E-state index contributed by atoms with van der Waals surface area (Å²) in [5, 5.41) is 21.9. The number of thioether (sulfide) groups is 1. The molecule has 0 unspecified atom stereocenters. The van der Waals surface area contributed by atoms with E-state index in [0.717, 1.165) is 16.2 Å². The molecule has 9 nitrogen and oxygen atoms in total. The van der Waals surface area contributed by atoms with E-state index in [0.29, 0.717) is 17.0 Å². The van der Waals surface area contributed by atoms with Crippen molar-refractivity contribution >= 4 is 40.7 Å². The predicted molar refractivity (Wildman–Crippen MR) is 105 cm³/mol. The zero-order valence-electron chi connectivity index (χ0n) is 15.1. The lowest BCUT2D eigenvalue weighted by atomic mass is 9.66. The number of carboxylic acid groups (broad SMARTS) is 1. The number of aromatic amines is 1. The van der Waals surface area contributed by atoms with E-state index < -0.39 is 28.7 Å². The number of carbonyl (C=O) groups excluding carboxylic acids is 1. The van der Waals surface area contributed by atoms with E-state index in [2.05, 4.69) is 4.98 Å². The third-order valence-electron chi connectivity index (χ3n) is 7.02. The Bertz CT molecular complexity index is 1200. The van der Waals surface area contributed by atoms with Crippen molar-refractivity contribution < 1.29 is 24.4 Å². The summed E-state index contributed by atoms with van der Waals surface area (Å²) in [7, 11) is 0. The molecule has 2 N–H and O–H groups in total. The zero-order valence-corrected chi connectivity index (χ0v) is 16.8. The molecule has 1 aromatic carbocycles. The van der Waals surface area contributed by atoms with Crippen LogP contribution in [-0.4, -0.2) is 32.2 Å². The molecule has 2 aliphatic heterocycles. The number of hydrogen-bond donors (Lipinski definition) is 2. The van der Waals surface area contributed by atoms with E-state index in [-0.39, 0.29) is 45.2 Å². The number of benzene rings is 1. The number of aromatic nitrogens is 1. The molecule has 2 aromatic rings. The average Bonchev–Trinajstić information content (AvgIpc) is 3.35. The van der Waals surface area contributed by atoms with Crippen LogP contribution in [0.25, 0.3) is 0 Å². The second-order valence-corrected chi connectivity index (χ2v) is 10.4. The Morgan fingerprint density at radius 1 is 1.30 bits per heavy atom. The number of nitro groups is 1. The number of carbonyl (C=O) groups is 2. The first-order valence-corrected chi connectivity index (χ1v) is 11.2. The van der Waals surface area contributed by atoms with Crippen LogP contribution in [-0.2, 0) is 9.59 Å². The minimum atomic E-state index is -1.01. The molecule has 7 atom stereocenters. The van der Waals surface area contributed by atoms with Crippen molar-refractivity contribution in [2.75, 3.05) is 0 Å². The van der Waals surface area contributed by atoms with Gasteiger partial charge in [-0.15, -0.1) is 11.8 Å². The number of aliphatic carboxylic acids is 1. The summed E-state index contributed by atoms with van der Waals surface area (Å²) in [6, 6.07) is 4.10. The number of carboxylic acids is 1. The van der Waals surface area contributed by atoms with Crippen LogP contribution < -0.4 is 9.61 Å². The smallest absolute Gasteiger partial charge is 0.315 e. The van der Waals surface area contributed by atoms with Gasteiger partial charge in [-0.1, -0.05) is 11.3 Å². The standard InChI is InChI=1S/C19H14N2O7S2/c22-17(23)12-8-4-7-11-10(15-16(29-14(8)11)20-19(25)30-15)6-3-5(21(26)27)1-2-9(6)28-18(24)13(7)12/h1-3,7-8,10-14H,4H2,(H,20,25)(H,22,23)/t7-,8-,10-,11+,12-,13-,14-/m0/s1. The van der Waals surface area contributed by atoms with Gasteiger partial charge in [0.25, 0.3) is 5.69 Å². The van der Waals surface area contributed by atoms with Gasteiger partial charge in [-0.2, -0.15) is 0 Å². The third kappa shape index (κ3) is 2.21. The van der Waals surface area contributed by atoms with Gasteiger partial charge in [-0.3, -0.25) is 24.5 Å². The van der Waals surface area contributed by atoms with Gasteiger partial charge in [-0.05, 0) is 30.2 Å². The van der Waals surface area contributed by atoms with Crippen LogP contribution in [0.1, 0.15) is 22.8 Å². The van der Waals surface area contributed by atoms with Crippen molar-refractivity contribution in [3.63, 3.8) is 0 Å². The van der Waals surface area contributed by atoms with E-state index in [9.17, 15) is 29.6 Å². The number of hydrogen-bond acceptors (Lipinski definition) is 8. The molecule has 4 aliphatic rings. The molecular formula is C19H14N2O7S2. The normalized spacial score (nSPS) is 35.1. The number of nitro benzene ring substituents is 1. The van der Waals surface area contributed by atoms with E-state index in [1.165, 1.54) is 30.0 Å². The fourth-order valence-corrected chi connectivity index (χ4v) is 8.98. The summed E-state index contributed by atoms with van der Waals surface area (Å²) in [4.78, 5) is 51.5. The molecule has 11 heteroatoms. The van der Waals surface area contributed by atoms with Crippen LogP contribution in [0.2, 0.25) is 0 Å². The summed E-state index contributed by atoms with van der Waals surface area (Å²) >= 11 is 2.55. The van der Waals surface area contributed by atoms with Crippen LogP contribution in [0.4, 0.5) is 5.69 Å². The third-order valence-corrected chi connectivity index (χ3v) is 9.61. The van der Waals surface area contributed by atoms with Crippen molar-refractivity contribution in [3.05, 3.63) is 48.4 Å². The first-order valence-electron chi connectivity index (χ1n) is 9.47. The fraction of sp³-hybridized carbons (Fsp3) is 0.421. The molecule has 2 fully saturated rings. The highest BCUT2D eigenvalue weighted by Crippen LogP contribution is 2.68. The number of fused-ring (bicyclic) bond motifs is 6. The highest BCUT2D eigenvalue weighted by Gasteiger charge is 2.67. The molecule has 2 bridgehead atoms. The molecule has 2 saturated carbocycles. The Kier molecular flexibility index (Phi) is 3.59. The van der Waals surface area contributed by atoms with Gasteiger partial charge in [0.15, 0.2) is 0 Å². The van der Waals surface area contributed by atoms with Crippen molar-refractivity contribution in [2.45, 2.75) is 22.6 Å². The first-order chi connectivity index (χ1) is 14.3. The van der Waals surface area contributed by atoms with Crippen molar-refractivity contribution in [3.8, 4) is 5.75 Å². The van der Waals surface area contributed by atoms with Gasteiger partial charge < -0.3 is 14.8 Å². The molecule has 0 saturated heterocycles. The maximum absolute atomic E-state index is 13.0. The van der Waals surface area contributed by atoms with Crippen LogP contribution in [0.3, 0.4) is 0 Å². The Balaban J connectivity index is 1.63. The lowest BCUT2D eigenvalue weighted by Gasteiger charge is -2.45. The lowest BCUT2D eigenvalue weighted by molar-refractivity contribution is -0.385. The van der Waals surface area contributed by atoms with E-state index in [1.54, 1.807) is 0 Å². The van der Waals surface area contributed by atoms with Crippen LogP contribution in [0.5, 0.6) is 5.75 Å². The number of nitrogens with one attached hydrogen (secondary N) is 1. The number of ether oxygens (including phenoxy) is 1. The van der Waals surface area contributed by atoms with E-state index in [4.69, 9.17) is 4.74 Å².